The molecular weight excluding hydrogens is 342 g/mol. The molecule has 27 heavy (non-hydrogen) atoms. The minimum absolute atomic E-state index is 0.119. The topological polar surface area (TPSA) is 71.5 Å². The van der Waals surface area contributed by atoms with Gasteiger partial charge in [-0.3, -0.25) is 9.59 Å². The predicted molar refractivity (Wildman–Crippen MR) is 104 cm³/mol. The maximum atomic E-state index is 12.7. The van der Waals surface area contributed by atoms with Gasteiger partial charge in [-0.15, -0.1) is 0 Å². The first kappa shape index (κ1) is 18.9. The van der Waals surface area contributed by atoms with Gasteiger partial charge >= 0.3 is 0 Å². The van der Waals surface area contributed by atoms with E-state index in [0.29, 0.717) is 29.7 Å². The summed E-state index contributed by atoms with van der Waals surface area (Å²) in [6.45, 7) is 6.06. The first-order chi connectivity index (χ1) is 13.1. The third-order valence-corrected chi connectivity index (χ3v) is 4.71. The number of hydrogen-bond acceptors (Lipinski definition) is 4. The minimum atomic E-state index is -0.371. The van der Waals surface area contributed by atoms with Crippen LogP contribution in [-0.4, -0.2) is 41.4 Å². The van der Waals surface area contributed by atoms with E-state index in [-0.39, 0.29) is 17.5 Å². The van der Waals surface area contributed by atoms with Crippen LogP contribution < -0.4 is 10.1 Å². The Balaban J connectivity index is 1.73. The Hall–Kier alpha value is -2.89. The number of para-hydroxylation sites is 2. The van der Waals surface area contributed by atoms with E-state index in [0.717, 1.165) is 25.9 Å². The van der Waals surface area contributed by atoms with Crippen molar-refractivity contribution in [2.24, 2.45) is 5.92 Å². The lowest BCUT2D eigenvalue weighted by molar-refractivity contribution is 0.0691. The number of aromatic nitrogens is 1. The molecule has 1 saturated heterocycles. The third-order valence-electron chi connectivity index (χ3n) is 4.71. The van der Waals surface area contributed by atoms with E-state index in [4.69, 9.17) is 4.74 Å². The molecule has 1 N–H and O–H groups in total. The first-order valence-corrected chi connectivity index (χ1v) is 9.38. The van der Waals surface area contributed by atoms with Gasteiger partial charge in [0.1, 0.15) is 17.1 Å². The summed E-state index contributed by atoms with van der Waals surface area (Å²) in [5, 5.41) is 2.81. The van der Waals surface area contributed by atoms with Gasteiger partial charge in [-0.05, 0) is 49.9 Å². The molecule has 142 valence electrons. The Kier molecular flexibility index (Phi) is 6.06. The minimum Gasteiger partial charge on any atom is -0.492 e. The van der Waals surface area contributed by atoms with Crippen molar-refractivity contribution in [2.45, 2.75) is 26.7 Å². The summed E-state index contributed by atoms with van der Waals surface area (Å²) in [5.74, 6) is 0.753. The normalized spacial score (nSPS) is 14.7. The van der Waals surface area contributed by atoms with Crippen molar-refractivity contribution in [3.8, 4) is 5.75 Å². The average Bonchev–Trinajstić information content (AvgIpc) is 2.70. The molecule has 0 bridgehead atoms. The summed E-state index contributed by atoms with van der Waals surface area (Å²) in [7, 11) is 0. The van der Waals surface area contributed by atoms with Gasteiger partial charge in [0.05, 0.1) is 12.3 Å². The molecule has 1 aliphatic rings. The van der Waals surface area contributed by atoms with Crippen LogP contribution in [0.15, 0.2) is 42.5 Å². The molecule has 2 heterocycles. The van der Waals surface area contributed by atoms with Crippen molar-refractivity contribution in [1.82, 2.24) is 9.88 Å². The zero-order chi connectivity index (χ0) is 19.2. The van der Waals surface area contributed by atoms with Gasteiger partial charge in [0.15, 0.2) is 0 Å². The second-order valence-corrected chi connectivity index (χ2v) is 6.77. The standard InChI is InChI=1S/C21H25N3O3/c1-3-27-19-10-5-4-7-16(19)23-20(25)17-8-6-9-18(22-17)21(26)24-13-11-15(2)12-14-24/h4-10,15H,3,11-14H2,1-2H3,(H,23,25). The van der Waals surface area contributed by atoms with Crippen LogP contribution >= 0.6 is 0 Å². The van der Waals surface area contributed by atoms with Crippen molar-refractivity contribution in [1.29, 1.82) is 0 Å². The number of amides is 2. The van der Waals surface area contributed by atoms with Crippen LogP contribution in [0, 0.1) is 5.92 Å². The molecule has 3 rings (SSSR count). The van der Waals surface area contributed by atoms with Crippen molar-refractivity contribution in [3.63, 3.8) is 0 Å². The second-order valence-electron chi connectivity index (χ2n) is 6.77. The second kappa shape index (κ2) is 8.66. The molecule has 6 nitrogen and oxygen atoms in total. The summed E-state index contributed by atoms with van der Waals surface area (Å²) in [6.07, 6.45) is 2.00. The molecule has 0 unspecified atom stereocenters. The molecule has 0 atom stereocenters. The van der Waals surface area contributed by atoms with Crippen LogP contribution in [0.2, 0.25) is 0 Å². The number of likely N-dealkylation sites (tertiary alicyclic amines) is 1. The number of piperidine rings is 1. The zero-order valence-electron chi connectivity index (χ0n) is 15.8. The molecule has 1 fully saturated rings. The maximum absolute atomic E-state index is 12.7. The van der Waals surface area contributed by atoms with Crippen LogP contribution in [0.1, 0.15) is 47.7 Å². The lowest BCUT2D eigenvalue weighted by Gasteiger charge is -2.30. The SMILES string of the molecule is CCOc1ccccc1NC(=O)c1cccc(C(=O)N2CCC(C)CC2)n1. The van der Waals surface area contributed by atoms with Gasteiger partial charge in [-0.2, -0.15) is 0 Å². The summed E-state index contributed by atoms with van der Waals surface area (Å²) in [4.78, 5) is 31.4. The highest BCUT2D eigenvalue weighted by Gasteiger charge is 2.23. The van der Waals surface area contributed by atoms with E-state index in [1.807, 2.05) is 24.0 Å². The summed E-state index contributed by atoms with van der Waals surface area (Å²) in [6, 6.07) is 12.2. The van der Waals surface area contributed by atoms with Crippen molar-refractivity contribution in [2.75, 3.05) is 25.0 Å². The number of carbonyl (C=O) groups excluding carboxylic acids is 2. The number of hydrogen-bond donors (Lipinski definition) is 1. The van der Waals surface area contributed by atoms with Gasteiger partial charge in [-0.1, -0.05) is 25.1 Å². The summed E-state index contributed by atoms with van der Waals surface area (Å²) in [5.41, 5.74) is 1.08. The number of anilines is 1. The zero-order valence-corrected chi connectivity index (χ0v) is 15.8. The van der Waals surface area contributed by atoms with E-state index < -0.39 is 0 Å². The number of carbonyl (C=O) groups is 2. The molecular formula is C21H25N3O3. The van der Waals surface area contributed by atoms with E-state index in [2.05, 4.69) is 17.2 Å². The molecule has 0 spiro atoms. The van der Waals surface area contributed by atoms with Crippen LogP contribution in [0.25, 0.3) is 0 Å². The average molecular weight is 367 g/mol. The number of benzene rings is 1. The van der Waals surface area contributed by atoms with Crippen LogP contribution in [0.3, 0.4) is 0 Å². The highest BCUT2D eigenvalue weighted by atomic mass is 16.5. The number of pyridine rings is 1. The smallest absolute Gasteiger partial charge is 0.274 e. The van der Waals surface area contributed by atoms with E-state index in [1.165, 1.54) is 0 Å². The predicted octanol–water partition coefficient (Wildman–Crippen LogP) is 3.60. The van der Waals surface area contributed by atoms with E-state index in [1.54, 1.807) is 30.3 Å². The van der Waals surface area contributed by atoms with E-state index in [9.17, 15) is 9.59 Å². The summed E-state index contributed by atoms with van der Waals surface area (Å²) >= 11 is 0. The summed E-state index contributed by atoms with van der Waals surface area (Å²) < 4.78 is 5.53. The maximum Gasteiger partial charge on any atom is 0.274 e. The van der Waals surface area contributed by atoms with E-state index >= 15 is 0 Å². The van der Waals surface area contributed by atoms with Gasteiger partial charge in [-0.25, -0.2) is 4.98 Å². The van der Waals surface area contributed by atoms with Gasteiger partial charge in [0, 0.05) is 13.1 Å². The Labute approximate surface area is 159 Å². The van der Waals surface area contributed by atoms with Crippen LogP contribution in [-0.2, 0) is 0 Å². The molecule has 1 aromatic carbocycles. The quantitative estimate of drug-likeness (QED) is 0.876. The molecule has 2 aromatic rings. The number of rotatable bonds is 5. The molecule has 0 aliphatic carbocycles. The number of nitrogens with zero attached hydrogens (tertiary/aromatic N) is 2. The lowest BCUT2D eigenvalue weighted by Crippen LogP contribution is -2.38. The van der Waals surface area contributed by atoms with Crippen molar-refractivity contribution in [3.05, 3.63) is 53.9 Å². The van der Waals surface area contributed by atoms with Crippen LogP contribution in [0.4, 0.5) is 5.69 Å². The largest absolute Gasteiger partial charge is 0.492 e. The number of nitrogens with one attached hydrogen (secondary N) is 1. The first-order valence-electron chi connectivity index (χ1n) is 9.38. The number of ether oxygens (including phenoxy) is 1. The molecule has 0 saturated carbocycles. The molecule has 1 aromatic heterocycles. The third kappa shape index (κ3) is 4.64. The molecule has 2 amide bonds. The highest BCUT2D eigenvalue weighted by Crippen LogP contribution is 2.24. The monoisotopic (exact) mass is 367 g/mol. The Morgan fingerprint density at radius 3 is 2.56 bits per heavy atom. The Bertz CT molecular complexity index is 814. The fourth-order valence-electron chi connectivity index (χ4n) is 3.09. The van der Waals surface area contributed by atoms with Gasteiger partial charge < -0.3 is 15.0 Å². The highest BCUT2D eigenvalue weighted by molar-refractivity contribution is 6.04. The van der Waals surface area contributed by atoms with Gasteiger partial charge in [0.25, 0.3) is 11.8 Å². The Morgan fingerprint density at radius 1 is 1.11 bits per heavy atom. The lowest BCUT2D eigenvalue weighted by atomic mass is 9.99. The Morgan fingerprint density at radius 2 is 1.81 bits per heavy atom. The molecule has 1 aliphatic heterocycles. The molecule has 6 heteroatoms. The van der Waals surface area contributed by atoms with Gasteiger partial charge in [0.2, 0.25) is 0 Å². The fourth-order valence-corrected chi connectivity index (χ4v) is 3.09. The fraction of sp³-hybridized carbons (Fsp3) is 0.381. The van der Waals surface area contributed by atoms with Crippen LogP contribution in [0.5, 0.6) is 5.75 Å². The molecule has 0 radical (unpaired) electrons. The van der Waals surface area contributed by atoms with Crippen molar-refractivity contribution < 1.29 is 14.3 Å². The van der Waals surface area contributed by atoms with Crippen molar-refractivity contribution >= 4 is 17.5 Å².